The summed E-state index contributed by atoms with van der Waals surface area (Å²) in [5, 5.41) is 3.53. The molecule has 5 nitrogen and oxygen atoms in total. The molecule has 0 aliphatic carbocycles. The van der Waals surface area contributed by atoms with Crippen molar-refractivity contribution < 1.29 is 14.3 Å². The Morgan fingerprint density at radius 3 is 2.68 bits per heavy atom. The maximum absolute atomic E-state index is 12.7. The number of ether oxygens (including phenoxy) is 1. The molecule has 0 radical (unpaired) electrons. The van der Waals surface area contributed by atoms with Crippen LogP contribution in [0.3, 0.4) is 0 Å². The summed E-state index contributed by atoms with van der Waals surface area (Å²) in [6.45, 7) is 4.36. The van der Waals surface area contributed by atoms with Crippen LogP contribution in [-0.4, -0.2) is 42.2 Å². The summed E-state index contributed by atoms with van der Waals surface area (Å²) in [6.07, 6.45) is 1.44. The molecule has 1 unspecified atom stereocenters. The first kappa shape index (κ1) is 17.6. The summed E-state index contributed by atoms with van der Waals surface area (Å²) in [5.41, 5.74) is 2.71. The average molecular weight is 358 g/mol. The van der Waals surface area contributed by atoms with Gasteiger partial charge in [0.25, 0.3) is 0 Å². The van der Waals surface area contributed by atoms with Crippen LogP contribution in [0.4, 0.5) is 0 Å². The van der Waals surface area contributed by atoms with E-state index in [0.717, 1.165) is 16.3 Å². The fourth-order valence-corrected chi connectivity index (χ4v) is 4.33. The molecule has 2 aliphatic rings. The number of nitrogens with zero attached hydrogens (tertiary/aromatic N) is 1. The van der Waals surface area contributed by atoms with Gasteiger partial charge in [-0.05, 0) is 19.4 Å². The number of hydrogen-bond donors (Lipinski definition) is 1. The van der Waals surface area contributed by atoms with E-state index >= 15 is 0 Å². The summed E-state index contributed by atoms with van der Waals surface area (Å²) in [5.74, 6) is 0.229. The molecular weight excluding hydrogens is 336 g/mol. The number of thioether (sulfide) groups is 1. The molecule has 3 rings (SSSR count). The van der Waals surface area contributed by atoms with E-state index in [4.69, 9.17) is 4.74 Å². The number of benzene rings is 1. The van der Waals surface area contributed by atoms with Crippen molar-refractivity contribution in [3.05, 3.63) is 58.3 Å². The smallest absolute Gasteiger partial charge is 0.337 e. The van der Waals surface area contributed by atoms with E-state index < -0.39 is 0 Å². The van der Waals surface area contributed by atoms with Gasteiger partial charge in [-0.1, -0.05) is 30.3 Å². The predicted octanol–water partition coefficient (Wildman–Crippen LogP) is 2.63. The number of esters is 1. The van der Waals surface area contributed by atoms with Crippen LogP contribution < -0.4 is 5.32 Å². The fraction of sp³-hybridized carbons (Fsp3) is 0.368. The lowest BCUT2D eigenvalue weighted by molar-refractivity contribution is -0.142. The van der Waals surface area contributed by atoms with Crippen molar-refractivity contribution in [3.63, 3.8) is 0 Å². The fourth-order valence-electron chi connectivity index (χ4n) is 3.08. The highest BCUT2D eigenvalue weighted by Gasteiger charge is 2.42. The Kier molecular flexibility index (Phi) is 5.18. The molecule has 1 atom stereocenters. The molecule has 0 saturated carbocycles. The van der Waals surface area contributed by atoms with Crippen LogP contribution in [-0.2, 0) is 14.3 Å². The highest BCUT2D eigenvalue weighted by atomic mass is 32.2. The van der Waals surface area contributed by atoms with Crippen molar-refractivity contribution in [2.45, 2.75) is 25.9 Å². The van der Waals surface area contributed by atoms with Gasteiger partial charge < -0.3 is 15.0 Å². The monoisotopic (exact) mass is 358 g/mol. The lowest BCUT2D eigenvalue weighted by atomic mass is 9.93. The first-order chi connectivity index (χ1) is 12.0. The maximum Gasteiger partial charge on any atom is 0.337 e. The van der Waals surface area contributed by atoms with Crippen molar-refractivity contribution in [3.8, 4) is 0 Å². The van der Waals surface area contributed by atoms with Gasteiger partial charge in [0, 0.05) is 37.0 Å². The van der Waals surface area contributed by atoms with Gasteiger partial charge in [0.1, 0.15) is 0 Å². The standard InChI is InChI=1S/C19H22N2O3S/c1-12(2)24-19(23)17-15(13-7-5-4-6-8-13)10-21-14(9-16(22)20-3)11-25-18(17)21/h4-9,12,15H,10-11H2,1-3H3,(H,20,22)/b14-9+. The number of carbonyl (C=O) groups is 2. The Bertz CT molecular complexity index is 740. The molecule has 0 bridgehead atoms. The molecule has 1 aromatic rings. The molecule has 2 aliphatic heterocycles. The summed E-state index contributed by atoms with van der Waals surface area (Å²) in [7, 11) is 1.61. The zero-order valence-electron chi connectivity index (χ0n) is 14.6. The van der Waals surface area contributed by atoms with Gasteiger partial charge in [0.05, 0.1) is 16.7 Å². The first-order valence-electron chi connectivity index (χ1n) is 8.34. The molecule has 1 saturated heterocycles. The molecule has 0 spiro atoms. The number of likely N-dealkylation sites (N-methyl/N-ethyl adjacent to an activating group) is 1. The third kappa shape index (κ3) is 3.58. The summed E-state index contributed by atoms with van der Waals surface area (Å²) in [4.78, 5) is 26.6. The molecule has 0 aromatic heterocycles. The largest absolute Gasteiger partial charge is 0.460 e. The third-order valence-electron chi connectivity index (χ3n) is 4.20. The topological polar surface area (TPSA) is 58.6 Å². The Labute approximate surface area is 152 Å². The van der Waals surface area contributed by atoms with Crippen molar-refractivity contribution in [2.75, 3.05) is 19.3 Å². The first-order valence-corrected chi connectivity index (χ1v) is 9.32. The predicted molar refractivity (Wildman–Crippen MR) is 98.8 cm³/mol. The van der Waals surface area contributed by atoms with Crippen LogP contribution in [0.5, 0.6) is 0 Å². The molecule has 2 heterocycles. The van der Waals surface area contributed by atoms with E-state index in [2.05, 4.69) is 10.2 Å². The Morgan fingerprint density at radius 2 is 2.04 bits per heavy atom. The van der Waals surface area contributed by atoms with E-state index in [1.807, 2.05) is 44.2 Å². The highest BCUT2D eigenvalue weighted by Crippen LogP contribution is 2.48. The van der Waals surface area contributed by atoms with E-state index in [9.17, 15) is 9.59 Å². The number of nitrogens with one attached hydrogen (secondary N) is 1. The minimum atomic E-state index is -0.268. The molecule has 1 amide bonds. The summed E-state index contributed by atoms with van der Waals surface area (Å²) in [6, 6.07) is 9.97. The third-order valence-corrected chi connectivity index (χ3v) is 5.36. The minimum Gasteiger partial charge on any atom is -0.460 e. The van der Waals surface area contributed by atoms with Gasteiger partial charge in [0.15, 0.2) is 0 Å². The lowest BCUT2D eigenvalue weighted by Gasteiger charge is -2.18. The second kappa shape index (κ2) is 7.35. The van der Waals surface area contributed by atoms with Crippen LogP contribution >= 0.6 is 11.8 Å². The van der Waals surface area contributed by atoms with Crippen molar-refractivity contribution in [1.82, 2.24) is 10.2 Å². The number of amides is 1. The summed E-state index contributed by atoms with van der Waals surface area (Å²) < 4.78 is 5.50. The Morgan fingerprint density at radius 1 is 1.32 bits per heavy atom. The minimum absolute atomic E-state index is 0.0525. The SMILES string of the molecule is CNC(=O)/C=C1\CSC2=C(C(=O)OC(C)C)C(c3ccccc3)CN21. The van der Waals surface area contributed by atoms with Crippen LogP contribution in [0.25, 0.3) is 0 Å². The molecule has 1 aromatic carbocycles. The zero-order valence-corrected chi connectivity index (χ0v) is 15.4. The Balaban J connectivity index is 1.99. The van der Waals surface area contributed by atoms with Crippen LogP contribution in [0.2, 0.25) is 0 Å². The van der Waals surface area contributed by atoms with E-state index in [1.54, 1.807) is 24.9 Å². The molecule has 25 heavy (non-hydrogen) atoms. The second-order valence-corrected chi connectivity index (χ2v) is 7.25. The molecule has 1 N–H and O–H groups in total. The maximum atomic E-state index is 12.7. The van der Waals surface area contributed by atoms with Crippen LogP contribution in [0.1, 0.15) is 25.3 Å². The van der Waals surface area contributed by atoms with Gasteiger partial charge in [-0.25, -0.2) is 4.79 Å². The zero-order chi connectivity index (χ0) is 18.0. The van der Waals surface area contributed by atoms with Crippen LogP contribution in [0, 0.1) is 0 Å². The highest BCUT2D eigenvalue weighted by molar-refractivity contribution is 8.03. The number of fused-ring (bicyclic) bond motifs is 1. The van der Waals surface area contributed by atoms with E-state index in [1.165, 1.54) is 0 Å². The quantitative estimate of drug-likeness (QED) is 0.662. The van der Waals surface area contributed by atoms with Gasteiger partial charge in [-0.15, -0.1) is 11.8 Å². The van der Waals surface area contributed by atoms with Crippen LogP contribution in [0.15, 0.2) is 52.7 Å². The number of hydrogen-bond acceptors (Lipinski definition) is 5. The molecule has 132 valence electrons. The van der Waals surface area contributed by atoms with Gasteiger partial charge >= 0.3 is 5.97 Å². The lowest BCUT2D eigenvalue weighted by Crippen LogP contribution is -2.21. The van der Waals surface area contributed by atoms with Crippen molar-refractivity contribution >= 4 is 23.6 Å². The van der Waals surface area contributed by atoms with E-state index in [0.29, 0.717) is 17.9 Å². The summed E-state index contributed by atoms with van der Waals surface area (Å²) >= 11 is 1.59. The average Bonchev–Trinajstić information content (AvgIpc) is 3.14. The van der Waals surface area contributed by atoms with Gasteiger partial charge in [-0.2, -0.15) is 0 Å². The van der Waals surface area contributed by atoms with Crippen molar-refractivity contribution in [2.24, 2.45) is 0 Å². The van der Waals surface area contributed by atoms with Gasteiger partial charge in [0.2, 0.25) is 5.91 Å². The van der Waals surface area contributed by atoms with E-state index in [-0.39, 0.29) is 23.9 Å². The van der Waals surface area contributed by atoms with Crippen molar-refractivity contribution in [1.29, 1.82) is 0 Å². The van der Waals surface area contributed by atoms with Gasteiger partial charge in [-0.3, -0.25) is 4.79 Å². The molecule has 6 heteroatoms. The number of rotatable bonds is 4. The second-order valence-electron chi connectivity index (χ2n) is 6.29. The Hall–Kier alpha value is -2.21. The molecule has 1 fully saturated rings. The number of carbonyl (C=O) groups excluding carboxylic acids is 2. The normalized spacial score (nSPS) is 21.0. The molecular formula is C19H22N2O3S.